The van der Waals surface area contributed by atoms with Crippen molar-refractivity contribution in [1.29, 1.82) is 0 Å². The summed E-state index contributed by atoms with van der Waals surface area (Å²) in [5.74, 6) is -12.1. The molecule has 1 aromatic heterocycles. The van der Waals surface area contributed by atoms with E-state index < -0.39 is 146 Å². The largest absolute Gasteiger partial charge is 0.481 e. The molecule has 63 heavy (non-hydrogen) atoms. The predicted molar refractivity (Wildman–Crippen MR) is 215 cm³/mol. The van der Waals surface area contributed by atoms with Crippen molar-refractivity contribution in [3.8, 4) is 0 Å². The Morgan fingerprint density at radius 3 is 1.76 bits per heavy atom. The molecule has 344 valence electrons. The Bertz CT molecular complexity index is 2060. The summed E-state index contributed by atoms with van der Waals surface area (Å²) in [7, 11) is 0. The molecule has 26 nitrogen and oxygen atoms in total. The number of benzene rings is 1. The summed E-state index contributed by atoms with van der Waals surface area (Å²) < 4.78 is 0. The average Bonchev–Trinajstić information content (AvgIpc) is 3.62. The van der Waals surface area contributed by atoms with Gasteiger partial charge in [0.25, 0.3) is 0 Å². The standard InChI is InChI=1S/C37H51N11O15/c1-17(43-36(62)24(45-19(3)50)10-20-12-39-22-7-5-4-6-21(20)22)33(59)41-13-27(51)40-14-28(52)47-25(11-31(56)57)37(63)44-18(2)34(60)48-26(16-49)35(61)42-15-29(53)46-23(32(38)58)8-9-30(54)55/h4-7,12,17-18,23-26,39,49H,8-11,13-16H2,1-3H3,(H2,38,58)(H,40,51)(H,41,59)(H,42,61)(H,43,62)(H,44,63)(H,45,50)(H,46,53)(H,47,52)(H,48,60)(H,54,55)(H,56,57)/t17-,18-,23-,24-,25-,26-/m0/s1. The molecule has 26 heteroatoms. The fourth-order valence-corrected chi connectivity index (χ4v) is 5.51. The van der Waals surface area contributed by atoms with Crippen LogP contribution in [0, 0.1) is 0 Å². The number of nitrogens with one attached hydrogen (secondary N) is 10. The lowest BCUT2D eigenvalue weighted by atomic mass is 10.0. The van der Waals surface area contributed by atoms with Crippen LogP contribution < -0.4 is 53.6 Å². The number of carboxylic acids is 2. The number of rotatable bonds is 26. The van der Waals surface area contributed by atoms with E-state index in [4.69, 9.17) is 10.8 Å². The van der Waals surface area contributed by atoms with Crippen LogP contribution in [0.25, 0.3) is 10.9 Å². The second-order valence-electron chi connectivity index (χ2n) is 13.9. The van der Waals surface area contributed by atoms with E-state index in [-0.39, 0.29) is 12.8 Å². The van der Waals surface area contributed by atoms with Gasteiger partial charge >= 0.3 is 11.9 Å². The van der Waals surface area contributed by atoms with Gasteiger partial charge in [-0.2, -0.15) is 0 Å². The first-order chi connectivity index (χ1) is 29.6. The molecule has 0 aliphatic carbocycles. The minimum absolute atomic E-state index is 0.0955. The number of para-hydroxylation sites is 1. The second kappa shape index (κ2) is 25.2. The molecular formula is C37H51N11O15. The number of aromatic amines is 1. The highest BCUT2D eigenvalue weighted by Gasteiger charge is 2.30. The normalized spacial score (nSPS) is 13.5. The topological polar surface area (TPSA) is 416 Å². The van der Waals surface area contributed by atoms with Crippen LogP contribution in [0.4, 0.5) is 0 Å². The van der Waals surface area contributed by atoms with Crippen LogP contribution in [-0.2, 0) is 64.0 Å². The Balaban J connectivity index is 1.85. The number of aliphatic hydroxyl groups is 1. The van der Waals surface area contributed by atoms with E-state index in [2.05, 4.69) is 52.8 Å². The van der Waals surface area contributed by atoms with Crippen LogP contribution in [0.1, 0.15) is 45.6 Å². The van der Waals surface area contributed by atoms with Gasteiger partial charge in [0.2, 0.25) is 59.1 Å². The fourth-order valence-electron chi connectivity index (χ4n) is 5.51. The van der Waals surface area contributed by atoms with Gasteiger partial charge in [-0.25, -0.2) is 0 Å². The number of nitrogens with two attached hydrogens (primary N) is 1. The van der Waals surface area contributed by atoms with E-state index in [1.54, 1.807) is 6.20 Å². The van der Waals surface area contributed by atoms with Crippen molar-refractivity contribution in [2.24, 2.45) is 5.73 Å². The fraction of sp³-hybridized carbons (Fsp3) is 0.459. The highest BCUT2D eigenvalue weighted by Crippen LogP contribution is 2.19. The number of fused-ring (bicyclic) bond motifs is 1. The highest BCUT2D eigenvalue weighted by atomic mass is 16.4. The molecule has 2 rings (SSSR count). The Labute approximate surface area is 358 Å². The van der Waals surface area contributed by atoms with Crippen molar-refractivity contribution < 1.29 is 72.9 Å². The van der Waals surface area contributed by atoms with Gasteiger partial charge in [0, 0.05) is 36.9 Å². The summed E-state index contributed by atoms with van der Waals surface area (Å²) in [6, 6.07) is -1.26. The van der Waals surface area contributed by atoms with E-state index in [1.165, 1.54) is 13.8 Å². The lowest BCUT2D eigenvalue weighted by molar-refractivity contribution is -0.141. The van der Waals surface area contributed by atoms with Crippen LogP contribution >= 0.6 is 0 Å². The molecule has 0 unspecified atom stereocenters. The molecule has 1 aromatic carbocycles. The lowest BCUT2D eigenvalue weighted by Gasteiger charge is -2.22. The molecule has 1 heterocycles. The van der Waals surface area contributed by atoms with Crippen molar-refractivity contribution in [2.45, 2.75) is 82.7 Å². The maximum Gasteiger partial charge on any atom is 0.305 e. The number of carboxylic acid groups (broad SMARTS) is 2. The summed E-state index contributed by atoms with van der Waals surface area (Å²) in [4.78, 5) is 150. The van der Waals surface area contributed by atoms with Crippen LogP contribution in [0.5, 0.6) is 0 Å². The van der Waals surface area contributed by atoms with Gasteiger partial charge in [-0.1, -0.05) is 18.2 Å². The molecular weight excluding hydrogens is 838 g/mol. The molecule has 0 radical (unpaired) electrons. The molecule has 10 amide bonds. The van der Waals surface area contributed by atoms with Crippen LogP contribution in [0.2, 0.25) is 0 Å². The van der Waals surface area contributed by atoms with Crippen LogP contribution in [0.3, 0.4) is 0 Å². The van der Waals surface area contributed by atoms with Crippen molar-refractivity contribution in [3.63, 3.8) is 0 Å². The van der Waals surface area contributed by atoms with Gasteiger partial charge in [-0.05, 0) is 31.9 Å². The number of carbonyl (C=O) groups is 12. The molecule has 0 saturated carbocycles. The summed E-state index contributed by atoms with van der Waals surface area (Å²) in [6.07, 6.45) is -0.0188. The first-order valence-corrected chi connectivity index (χ1v) is 19.1. The summed E-state index contributed by atoms with van der Waals surface area (Å²) in [6.45, 7) is 0.415. The first-order valence-electron chi connectivity index (χ1n) is 19.1. The molecule has 6 atom stereocenters. The summed E-state index contributed by atoms with van der Waals surface area (Å²) >= 11 is 0. The van der Waals surface area contributed by atoms with Gasteiger partial charge in [-0.3, -0.25) is 57.5 Å². The van der Waals surface area contributed by atoms with E-state index in [0.717, 1.165) is 23.4 Å². The smallest absolute Gasteiger partial charge is 0.305 e. The average molecular weight is 890 g/mol. The third kappa shape index (κ3) is 18.3. The minimum atomic E-state index is -1.79. The van der Waals surface area contributed by atoms with E-state index in [1.807, 2.05) is 24.3 Å². The Morgan fingerprint density at radius 1 is 0.619 bits per heavy atom. The molecule has 2 aromatic rings. The van der Waals surface area contributed by atoms with Crippen molar-refractivity contribution in [1.82, 2.24) is 52.8 Å². The van der Waals surface area contributed by atoms with Crippen molar-refractivity contribution in [2.75, 3.05) is 26.2 Å². The number of aromatic nitrogens is 1. The number of aliphatic carboxylic acids is 2. The molecule has 15 N–H and O–H groups in total. The molecule has 0 spiro atoms. The number of amides is 10. The van der Waals surface area contributed by atoms with Crippen LogP contribution in [-0.4, -0.2) is 154 Å². The van der Waals surface area contributed by atoms with E-state index in [0.29, 0.717) is 0 Å². The quantitative estimate of drug-likeness (QED) is 0.0418. The third-order valence-electron chi connectivity index (χ3n) is 8.76. The molecule has 0 fully saturated rings. The maximum absolute atomic E-state index is 13.1. The minimum Gasteiger partial charge on any atom is -0.481 e. The van der Waals surface area contributed by atoms with Crippen molar-refractivity contribution >= 4 is 81.9 Å². The number of hydrogen-bond acceptors (Lipinski definition) is 13. The maximum atomic E-state index is 13.1. The number of H-pyrrole nitrogens is 1. The number of aliphatic hydroxyl groups excluding tert-OH is 1. The van der Waals surface area contributed by atoms with Gasteiger partial charge < -0.3 is 73.9 Å². The SMILES string of the molecule is CC(=O)N[C@@H](Cc1c[nH]c2ccccc12)C(=O)N[C@@H](C)C(=O)NCC(=O)NCC(=O)N[C@@H](CC(=O)O)C(=O)N[C@@H](C)C(=O)N[C@@H](CO)C(=O)NCC(=O)N[C@@H](CCC(=O)O)C(N)=O. The van der Waals surface area contributed by atoms with Gasteiger partial charge in [-0.15, -0.1) is 0 Å². The molecule has 0 bridgehead atoms. The summed E-state index contributed by atoms with van der Waals surface area (Å²) in [5.41, 5.74) is 6.69. The Morgan fingerprint density at radius 2 is 1.17 bits per heavy atom. The predicted octanol–water partition coefficient (Wildman–Crippen LogP) is -6.16. The third-order valence-corrected chi connectivity index (χ3v) is 8.76. The zero-order valence-electron chi connectivity index (χ0n) is 34.3. The van der Waals surface area contributed by atoms with E-state index >= 15 is 0 Å². The number of carbonyl (C=O) groups excluding carboxylic acids is 10. The highest BCUT2D eigenvalue weighted by molar-refractivity contribution is 5.98. The molecule has 0 aliphatic heterocycles. The van der Waals surface area contributed by atoms with Gasteiger partial charge in [0.1, 0.15) is 36.3 Å². The number of hydrogen-bond donors (Lipinski definition) is 14. The van der Waals surface area contributed by atoms with E-state index in [9.17, 15) is 67.7 Å². The first kappa shape index (κ1) is 51.5. The monoisotopic (exact) mass is 889 g/mol. The molecule has 0 aliphatic rings. The van der Waals surface area contributed by atoms with Crippen molar-refractivity contribution in [3.05, 3.63) is 36.0 Å². The van der Waals surface area contributed by atoms with Gasteiger partial charge in [0.05, 0.1) is 32.7 Å². The number of primary amides is 1. The van der Waals surface area contributed by atoms with Crippen LogP contribution in [0.15, 0.2) is 30.5 Å². The zero-order valence-corrected chi connectivity index (χ0v) is 34.3. The lowest BCUT2D eigenvalue weighted by Crippen LogP contribution is -2.58. The Kier molecular flexibility index (Phi) is 20.6. The summed E-state index contributed by atoms with van der Waals surface area (Å²) in [5, 5.41) is 48.5. The Hall–Kier alpha value is -7.64. The second-order valence-corrected chi connectivity index (χ2v) is 13.9. The molecule has 0 saturated heterocycles. The van der Waals surface area contributed by atoms with Gasteiger partial charge in [0.15, 0.2) is 0 Å². The zero-order chi connectivity index (χ0) is 47.4.